The van der Waals surface area contributed by atoms with Crippen LogP contribution in [-0.4, -0.2) is 14.5 Å². The van der Waals surface area contributed by atoms with E-state index in [0.29, 0.717) is 12.1 Å². The smallest absolute Gasteiger partial charge is 0.273 e. The highest BCUT2D eigenvalue weighted by Crippen LogP contribution is 2.29. The number of halogens is 2. The van der Waals surface area contributed by atoms with Crippen LogP contribution in [-0.2, 0) is 6.42 Å². The summed E-state index contributed by atoms with van der Waals surface area (Å²) >= 11 is 12.1. The molecule has 7 heteroatoms. The van der Waals surface area contributed by atoms with Gasteiger partial charge < -0.3 is 0 Å². The van der Waals surface area contributed by atoms with E-state index in [0.717, 1.165) is 11.1 Å². The Kier molecular flexibility index (Phi) is 5.03. The van der Waals surface area contributed by atoms with Gasteiger partial charge in [0.2, 0.25) is 0 Å². The fourth-order valence-corrected chi connectivity index (χ4v) is 3.27. The molecule has 0 spiro atoms. The summed E-state index contributed by atoms with van der Waals surface area (Å²) in [4.78, 5) is 31.6. The Morgan fingerprint density at radius 3 is 2.69 bits per heavy atom. The van der Waals surface area contributed by atoms with Gasteiger partial charge in [-0.1, -0.05) is 61.3 Å². The molecule has 26 heavy (non-hydrogen) atoms. The lowest BCUT2D eigenvalue weighted by Gasteiger charge is -2.19. The summed E-state index contributed by atoms with van der Waals surface area (Å²) < 4.78 is 1.40. The second kappa shape index (κ2) is 7.09. The minimum atomic E-state index is -0.577. The molecule has 134 valence electrons. The third kappa shape index (κ3) is 3.08. The molecule has 0 atom stereocenters. The van der Waals surface area contributed by atoms with Gasteiger partial charge in [-0.05, 0) is 29.5 Å². The highest BCUT2D eigenvalue weighted by atomic mass is 35.5. The molecule has 0 fully saturated rings. The van der Waals surface area contributed by atoms with Crippen LogP contribution in [0, 0.1) is 0 Å². The monoisotopic (exact) mass is 389 g/mol. The zero-order valence-electron chi connectivity index (χ0n) is 14.3. The van der Waals surface area contributed by atoms with Crippen molar-refractivity contribution in [2.24, 2.45) is 0 Å². The summed E-state index contributed by atoms with van der Waals surface area (Å²) in [5, 5.41) is 0.380. The van der Waals surface area contributed by atoms with Gasteiger partial charge in [-0.15, -0.1) is 6.58 Å². The highest BCUT2D eigenvalue weighted by molar-refractivity contribution is 6.41. The Morgan fingerprint density at radius 1 is 1.31 bits per heavy atom. The number of hydrogen-bond donors (Lipinski definition) is 1. The first-order chi connectivity index (χ1) is 12.3. The topological polar surface area (TPSA) is 67.8 Å². The largest absolute Gasteiger partial charge is 0.334 e. The number of aromatic amines is 1. The Balaban J connectivity index is 2.55. The number of pyridine rings is 1. The van der Waals surface area contributed by atoms with E-state index >= 15 is 0 Å². The molecule has 1 aromatic carbocycles. The van der Waals surface area contributed by atoms with E-state index in [1.54, 1.807) is 6.08 Å². The fraction of sp³-hybridized carbons (Fsp3) is 0.211. The third-order valence-corrected chi connectivity index (χ3v) is 4.83. The third-order valence-electron chi connectivity index (χ3n) is 4.15. The maximum atomic E-state index is 12.7. The van der Waals surface area contributed by atoms with Crippen LogP contribution in [0.5, 0.6) is 0 Å². The first-order valence-electron chi connectivity index (χ1n) is 8.09. The van der Waals surface area contributed by atoms with Gasteiger partial charge in [-0.2, -0.15) is 0 Å². The first kappa shape index (κ1) is 18.4. The van der Waals surface area contributed by atoms with Crippen molar-refractivity contribution in [3.8, 4) is 5.69 Å². The van der Waals surface area contributed by atoms with E-state index in [1.807, 2.05) is 32.0 Å². The molecular weight excluding hydrogens is 373 g/mol. The van der Waals surface area contributed by atoms with Gasteiger partial charge in [0.15, 0.2) is 5.65 Å². The van der Waals surface area contributed by atoms with Crippen molar-refractivity contribution in [1.29, 1.82) is 0 Å². The molecular formula is C19H17Cl2N3O2. The zero-order chi connectivity index (χ0) is 19.0. The average Bonchev–Trinajstić information content (AvgIpc) is 2.58. The molecule has 0 amide bonds. The van der Waals surface area contributed by atoms with Crippen LogP contribution < -0.4 is 11.2 Å². The molecule has 0 saturated carbocycles. The predicted molar refractivity (Wildman–Crippen MR) is 106 cm³/mol. The SMILES string of the molecule is C=CCc1cccc(C(C)C)c1-n1c(=O)[nH]c(=O)c2cc(Cl)c(Cl)nc21. The van der Waals surface area contributed by atoms with Crippen molar-refractivity contribution in [1.82, 2.24) is 14.5 Å². The van der Waals surface area contributed by atoms with E-state index in [-0.39, 0.29) is 27.1 Å². The van der Waals surface area contributed by atoms with Gasteiger partial charge in [0.05, 0.1) is 16.1 Å². The zero-order valence-corrected chi connectivity index (χ0v) is 15.9. The van der Waals surface area contributed by atoms with Crippen LogP contribution in [0.1, 0.15) is 30.9 Å². The summed E-state index contributed by atoms with van der Waals surface area (Å²) in [6.45, 7) is 7.86. The quantitative estimate of drug-likeness (QED) is 0.536. The normalized spacial score (nSPS) is 11.3. The van der Waals surface area contributed by atoms with Gasteiger partial charge in [0.25, 0.3) is 5.56 Å². The number of allylic oxidation sites excluding steroid dienone is 1. The minimum absolute atomic E-state index is 0.0326. The van der Waals surface area contributed by atoms with Gasteiger partial charge >= 0.3 is 5.69 Å². The Bertz CT molecular complexity index is 1130. The lowest BCUT2D eigenvalue weighted by atomic mass is 9.96. The van der Waals surface area contributed by atoms with E-state index in [1.165, 1.54) is 10.6 Å². The van der Waals surface area contributed by atoms with Gasteiger partial charge in [0, 0.05) is 0 Å². The lowest BCUT2D eigenvalue weighted by molar-refractivity contribution is 0.824. The number of para-hydroxylation sites is 1. The van der Waals surface area contributed by atoms with Crippen LogP contribution >= 0.6 is 23.2 Å². The molecule has 0 aliphatic carbocycles. The van der Waals surface area contributed by atoms with E-state index in [9.17, 15) is 9.59 Å². The van der Waals surface area contributed by atoms with E-state index < -0.39 is 11.2 Å². The van der Waals surface area contributed by atoms with Gasteiger partial charge in [-0.3, -0.25) is 9.78 Å². The number of rotatable bonds is 4. The van der Waals surface area contributed by atoms with E-state index in [4.69, 9.17) is 23.2 Å². The van der Waals surface area contributed by atoms with Crippen molar-refractivity contribution in [2.45, 2.75) is 26.2 Å². The maximum absolute atomic E-state index is 12.7. The van der Waals surface area contributed by atoms with Crippen LogP contribution in [0.4, 0.5) is 0 Å². The Morgan fingerprint density at radius 2 is 2.04 bits per heavy atom. The number of H-pyrrole nitrogens is 1. The number of benzene rings is 1. The molecule has 0 radical (unpaired) electrons. The highest BCUT2D eigenvalue weighted by Gasteiger charge is 2.19. The first-order valence-corrected chi connectivity index (χ1v) is 8.84. The molecule has 2 aromatic heterocycles. The summed E-state index contributed by atoms with van der Waals surface area (Å²) in [6.07, 6.45) is 2.32. The summed E-state index contributed by atoms with van der Waals surface area (Å²) in [5.41, 5.74) is 1.57. The predicted octanol–water partition coefficient (Wildman–Crippen LogP) is 4.23. The number of hydrogen-bond acceptors (Lipinski definition) is 3. The van der Waals surface area contributed by atoms with Crippen molar-refractivity contribution < 1.29 is 0 Å². The van der Waals surface area contributed by atoms with Crippen LogP contribution in [0.15, 0.2) is 46.5 Å². The van der Waals surface area contributed by atoms with Crippen LogP contribution in [0.2, 0.25) is 10.2 Å². The number of nitrogens with one attached hydrogen (secondary N) is 1. The second-order valence-corrected chi connectivity index (χ2v) is 6.99. The summed E-state index contributed by atoms with van der Waals surface area (Å²) in [5.74, 6) is 0.145. The average molecular weight is 390 g/mol. The fourth-order valence-electron chi connectivity index (χ4n) is 2.99. The number of nitrogens with zero attached hydrogens (tertiary/aromatic N) is 2. The standard InChI is InChI=1S/C19H17Cl2N3O2/c1-4-6-11-7-5-8-12(10(2)3)15(11)24-17-13(18(25)23-19(24)26)9-14(20)16(21)22-17/h4-5,7-10H,1,6H2,2-3H3,(H,23,25,26). The molecule has 0 unspecified atom stereocenters. The van der Waals surface area contributed by atoms with Crippen molar-refractivity contribution in [3.63, 3.8) is 0 Å². The van der Waals surface area contributed by atoms with E-state index in [2.05, 4.69) is 16.5 Å². The summed E-state index contributed by atoms with van der Waals surface area (Å²) in [7, 11) is 0. The molecule has 0 bridgehead atoms. The molecule has 3 rings (SSSR count). The van der Waals surface area contributed by atoms with Crippen molar-refractivity contribution >= 4 is 34.2 Å². The molecule has 0 aliphatic rings. The molecule has 1 N–H and O–H groups in total. The van der Waals surface area contributed by atoms with Crippen LogP contribution in [0.3, 0.4) is 0 Å². The van der Waals surface area contributed by atoms with Crippen LogP contribution in [0.25, 0.3) is 16.7 Å². The molecule has 3 aromatic rings. The second-order valence-electron chi connectivity index (χ2n) is 6.23. The van der Waals surface area contributed by atoms with Crippen molar-refractivity contribution in [3.05, 3.63) is 79.1 Å². The molecule has 5 nitrogen and oxygen atoms in total. The van der Waals surface area contributed by atoms with Gasteiger partial charge in [0.1, 0.15) is 5.15 Å². The summed E-state index contributed by atoms with van der Waals surface area (Å²) in [6, 6.07) is 7.23. The molecule has 0 aliphatic heterocycles. The maximum Gasteiger partial charge on any atom is 0.334 e. The Hall–Kier alpha value is -2.37. The number of aromatic nitrogens is 3. The molecule has 2 heterocycles. The van der Waals surface area contributed by atoms with Gasteiger partial charge in [-0.25, -0.2) is 14.3 Å². The number of fused-ring (bicyclic) bond motifs is 1. The lowest BCUT2D eigenvalue weighted by Crippen LogP contribution is -2.31. The Labute approximate surface area is 159 Å². The minimum Gasteiger partial charge on any atom is -0.273 e. The molecule has 0 saturated heterocycles. The van der Waals surface area contributed by atoms with Crippen molar-refractivity contribution in [2.75, 3.05) is 0 Å².